The highest BCUT2D eigenvalue weighted by atomic mass is 19.4. The number of carbonyl (C=O) groups is 2. The topological polar surface area (TPSA) is 108 Å². The van der Waals surface area contributed by atoms with E-state index in [1.54, 1.807) is 0 Å². The van der Waals surface area contributed by atoms with Gasteiger partial charge < -0.3 is 20.4 Å². The number of fused-ring (bicyclic) bond motifs is 1. The lowest BCUT2D eigenvalue weighted by molar-refractivity contribution is -0.193. The summed E-state index contributed by atoms with van der Waals surface area (Å²) in [6.45, 7) is 6.85. The van der Waals surface area contributed by atoms with Crippen molar-refractivity contribution in [1.29, 1.82) is 0 Å². The molecule has 172 valence electrons. The minimum atomic E-state index is -5.08. The highest BCUT2D eigenvalue weighted by Gasteiger charge is 2.38. The van der Waals surface area contributed by atoms with E-state index in [0.717, 1.165) is 32.6 Å². The Morgan fingerprint density at radius 1 is 1.00 bits per heavy atom. The van der Waals surface area contributed by atoms with Crippen molar-refractivity contribution in [3.63, 3.8) is 0 Å². The maximum absolute atomic E-state index is 10.6. The number of alkyl halides is 6. The Bertz CT molecular complexity index is 651. The Morgan fingerprint density at radius 3 is 1.93 bits per heavy atom. The highest BCUT2D eigenvalue weighted by Crippen LogP contribution is 2.14. The van der Waals surface area contributed by atoms with Gasteiger partial charge in [0.25, 0.3) is 0 Å². The monoisotopic (exact) mass is 448 g/mol. The van der Waals surface area contributed by atoms with Crippen molar-refractivity contribution in [2.75, 3.05) is 26.2 Å². The van der Waals surface area contributed by atoms with Crippen molar-refractivity contribution in [3.05, 3.63) is 17.5 Å². The van der Waals surface area contributed by atoms with E-state index in [1.807, 2.05) is 0 Å². The molecule has 3 heterocycles. The number of nitrogens with one attached hydrogen (secondary N) is 1. The average Bonchev–Trinajstić information content (AvgIpc) is 3.28. The Kier molecular flexibility index (Phi) is 9.55. The molecule has 1 aromatic rings. The molecule has 8 nitrogen and oxygen atoms in total. The Labute approximate surface area is 167 Å². The van der Waals surface area contributed by atoms with Crippen LogP contribution in [0.1, 0.15) is 24.1 Å². The first-order valence-electron chi connectivity index (χ1n) is 8.89. The molecule has 3 rings (SSSR count). The second-order valence-electron chi connectivity index (χ2n) is 6.45. The first kappa shape index (κ1) is 25.7. The number of aromatic nitrogens is 2. The maximum atomic E-state index is 10.6. The molecule has 0 saturated carbocycles. The van der Waals surface area contributed by atoms with Crippen molar-refractivity contribution >= 4 is 11.9 Å². The lowest BCUT2D eigenvalue weighted by atomic mass is 10.1. The molecule has 0 spiro atoms. The smallest absolute Gasteiger partial charge is 0.475 e. The lowest BCUT2D eigenvalue weighted by Crippen LogP contribution is -2.24. The summed E-state index contributed by atoms with van der Waals surface area (Å²) in [7, 11) is 0. The Morgan fingerprint density at radius 2 is 1.50 bits per heavy atom. The van der Waals surface area contributed by atoms with Crippen molar-refractivity contribution in [2.45, 2.75) is 44.7 Å². The summed E-state index contributed by atoms with van der Waals surface area (Å²) in [5.41, 5.74) is 2.70. The predicted molar refractivity (Wildman–Crippen MR) is 90.7 cm³/mol. The zero-order valence-electron chi connectivity index (χ0n) is 15.8. The molecule has 0 amide bonds. The zero-order valence-corrected chi connectivity index (χ0v) is 15.8. The van der Waals surface area contributed by atoms with Crippen LogP contribution in [0.15, 0.2) is 6.20 Å². The number of nitrogens with zero attached hydrogens (tertiary/aromatic N) is 3. The van der Waals surface area contributed by atoms with Crippen LogP contribution in [0.25, 0.3) is 0 Å². The summed E-state index contributed by atoms with van der Waals surface area (Å²) < 4.78 is 65.6. The quantitative estimate of drug-likeness (QED) is 0.607. The number of carboxylic acid groups (broad SMARTS) is 2. The van der Waals surface area contributed by atoms with Crippen LogP contribution in [-0.4, -0.2) is 75.4 Å². The molecule has 14 heteroatoms. The van der Waals surface area contributed by atoms with Crippen LogP contribution in [0.4, 0.5) is 26.3 Å². The third-order valence-corrected chi connectivity index (χ3v) is 4.11. The van der Waals surface area contributed by atoms with Crippen LogP contribution >= 0.6 is 0 Å². The van der Waals surface area contributed by atoms with Gasteiger partial charge in [-0.05, 0) is 25.9 Å². The third kappa shape index (κ3) is 9.43. The van der Waals surface area contributed by atoms with Gasteiger partial charge in [0.15, 0.2) is 0 Å². The first-order valence-corrected chi connectivity index (χ1v) is 8.89. The van der Waals surface area contributed by atoms with E-state index in [-0.39, 0.29) is 0 Å². The van der Waals surface area contributed by atoms with E-state index in [4.69, 9.17) is 19.8 Å². The largest absolute Gasteiger partial charge is 0.490 e. The molecule has 0 unspecified atom stereocenters. The van der Waals surface area contributed by atoms with Crippen LogP contribution in [-0.2, 0) is 29.1 Å². The van der Waals surface area contributed by atoms with Crippen LogP contribution < -0.4 is 5.32 Å². The molecule has 0 aromatic carbocycles. The van der Waals surface area contributed by atoms with E-state index in [1.165, 1.54) is 37.2 Å². The summed E-state index contributed by atoms with van der Waals surface area (Å²) >= 11 is 0. The summed E-state index contributed by atoms with van der Waals surface area (Å²) in [4.78, 5) is 20.3. The summed E-state index contributed by atoms with van der Waals surface area (Å²) in [5.74, 6) is -5.51. The zero-order chi connectivity index (χ0) is 22.9. The lowest BCUT2D eigenvalue weighted by Gasteiger charge is -2.13. The minimum Gasteiger partial charge on any atom is -0.475 e. The molecule has 0 aliphatic carbocycles. The second-order valence-corrected chi connectivity index (χ2v) is 6.45. The second kappa shape index (κ2) is 11.2. The van der Waals surface area contributed by atoms with Gasteiger partial charge in [-0.15, -0.1) is 0 Å². The van der Waals surface area contributed by atoms with Gasteiger partial charge >= 0.3 is 24.3 Å². The van der Waals surface area contributed by atoms with Crippen LogP contribution in [0.5, 0.6) is 0 Å². The van der Waals surface area contributed by atoms with E-state index in [0.29, 0.717) is 0 Å². The molecule has 2 aliphatic rings. The third-order valence-electron chi connectivity index (χ3n) is 4.11. The number of likely N-dealkylation sites (tertiary alicyclic amines) is 1. The number of halogens is 6. The summed E-state index contributed by atoms with van der Waals surface area (Å²) in [5, 5.41) is 22.3. The fourth-order valence-corrected chi connectivity index (χ4v) is 2.66. The summed E-state index contributed by atoms with van der Waals surface area (Å²) in [6.07, 6.45) is -4.11. The van der Waals surface area contributed by atoms with Gasteiger partial charge in [-0.2, -0.15) is 31.4 Å². The van der Waals surface area contributed by atoms with Gasteiger partial charge in [-0.25, -0.2) is 9.59 Å². The number of carboxylic acids is 2. The number of rotatable bonds is 3. The fraction of sp³-hybridized carbons (Fsp3) is 0.688. The van der Waals surface area contributed by atoms with Crippen molar-refractivity contribution < 1.29 is 46.1 Å². The predicted octanol–water partition coefficient (Wildman–Crippen LogP) is 1.89. The molecular weight excluding hydrogens is 426 g/mol. The van der Waals surface area contributed by atoms with E-state index < -0.39 is 24.3 Å². The molecule has 3 N–H and O–H groups in total. The molecule has 0 radical (unpaired) electrons. The maximum Gasteiger partial charge on any atom is 0.490 e. The summed E-state index contributed by atoms with van der Waals surface area (Å²) in [6, 6.07) is 0. The molecule has 30 heavy (non-hydrogen) atoms. The van der Waals surface area contributed by atoms with Gasteiger partial charge in [0.05, 0.1) is 12.2 Å². The number of hydrogen-bond acceptors (Lipinski definition) is 5. The molecular formula is C16H22F6N4O4. The standard InChI is InChI=1S/C12H20N4.2C2HF3O2/c1-2-6-15(5-1)7-8-16-10-11-9-13-4-3-12(11)14-16;2*3-2(4,5)1(6)7/h10,13H,1-9H2;2*(H,6,7). The molecule has 1 aromatic heterocycles. The van der Waals surface area contributed by atoms with E-state index in [2.05, 4.69) is 26.2 Å². The normalized spacial score (nSPS) is 16.6. The molecule has 0 bridgehead atoms. The van der Waals surface area contributed by atoms with E-state index >= 15 is 0 Å². The highest BCUT2D eigenvalue weighted by molar-refractivity contribution is 5.73. The van der Waals surface area contributed by atoms with Crippen LogP contribution in [0.2, 0.25) is 0 Å². The first-order chi connectivity index (χ1) is 13.8. The van der Waals surface area contributed by atoms with Crippen LogP contribution in [0, 0.1) is 0 Å². The fourth-order valence-electron chi connectivity index (χ4n) is 2.66. The van der Waals surface area contributed by atoms with Gasteiger partial charge in [0, 0.05) is 37.8 Å². The molecule has 0 atom stereocenters. The van der Waals surface area contributed by atoms with E-state index in [9.17, 15) is 26.3 Å². The molecule has 1 fully saturated rings. The van der Waals surface area contributed by atoms with Crippen molar-refractivity contribution in [2.24, 2.45) is 0 Å². The Balaban J connectivity index is 0.000000271. The number of hydrogen-bond donors (Lipinski definition) is 3. The van der Waals surface area contributed by atoms with Gasteiger partial charge in [-0.3, -0.25) is 4.68 Å². The number of aliphatic carboxylic acids is 2. The SMILES string of the molecule is O=C(O)C(F)(F)F.O=C(O)C(F)(F)F.c1c2c(nn1CCN1CCCC1)CCNC2. The van der Waals surface area contributed by atoms with Gasteiger partial charge in [0.2, 0.25) is 0 Å². The molecule has 2 aliphatic heterocycles. The van der Waals surface area contributed by atoms with Crippen molar-refractivity contribution in [1.82, 2.24) is 20.0 Å². The van der Waals surface area contributed by atoms with Gasteiger partial charge in [-0.1, -0.05) is 0 Å². The van der Waals surface area contributed by atoms with Gasteiger partial charge in [0.1, 0.15) is 0 Å². The molecule has 1 saturated heterocycles. The Hall–Kier alpha value is -2.35. The van der Waals surface area contributed by atoms with Crippen molar-refractivity contribution in [3.8, 4) is 0 Å². The minimum absolute atomic E-state index is 0.999. The van der Waals surface area contributed by atoms with Crippen LogP contribution in [0.3, 0.4) is 0 Å². The average molecular weight is 448 g/mol.